The first-order chi connectivity index (χ1) is 8.80. The highest BCUT2D eigenvalue weighted by molar-refractivity contribution is 6.04. The first-order valence-corrected chi connectivity index (χ1v) is 5.49. The highest BCUT2D eigenvalue weighted by Gasteiger charge is 2.45. The van der Waals surface area contributed by atoms with Crippen LogP contribution in [0.3, 0.4) is 0 Å². The summed E-state index contributed by atoms with van der Waals surface area (Å²) in [6.07, 6.45) is 0. The molecular weight excluding hydrogens is 252 g/mol. The molecule has 6 heteroatoms. The summed E-state index contributed by atoms with van der Waals surface area (Å²) in [6.45, 7) is 2.74. The van der Waals surface area contributed by atoms with Crippen molar-refractivity contribution in [2.75, 3.05) is 14.2 Å². The number of aliphatic carboxylic acids is 2. The van der Waals surface area contributed by atoms with Gasteiger partial charge in [-0.25, -0.2) is 0 Å². The van der Waals surface area contributed by atoms with Crippen LogP contribution in [-0.2, 0) is 15.0 Å². The lowest BCUT2D eigenvalue weighted by Crippen LogP contribution is -2.41. The van der Waals surface area contributed by atoms with Crippen molar-refractivity contribution in [3.8, 4) is 11.5 Å². The van der Waals surface area contributed by atoms with Crippen molar-refractivity contribution >= 4 is 11.9 Å². The highest BCUT2D eigenvalue weighted by Crippen LogP contribution is 2.38. The van der Waals surface area contributed by atoms with Gasteiger partial charge in [-0.15, -0.1) is 0 Å². The molecular formula is C13H16O6. The maximum Gasteiger partial charge on any atom is 0.325 e. The fourth-order valence-electron chi connectivity index (χ4n) is 1.94. The SMILES string of the molecule is COc1ccc(C(C)(C(=O)O)C(=O)O)c(C)c1OC. The predicted molar refractivity (Wildman–Crippen MR) is 66.9 cm³/mol. The summed E-state index contributed by atoms with van der Waals surface area (Å²) in [5, 5.41) is 18.4. The molecule has 0 saturated carbocycles. The van der Waals surface area contributed by atoms with E-state index in [2.05, 4.69) is 0 Å². The molecule has 1 aromatic carbocycles. The van der Waals surface area contributed by atoms with Crippen LogP contribution >= 0.6 is 0 Å². The molecule has 1 aromatic rings. The van der Waals surface area contributed by atoms with Gasteiger partial charge in [-0.2, -0.15) is 0 Å². The molecule has 0 unspecified atom stereocenters. The van der Waals surface area contributed by atoms with E-state index >= 15 is 0 Å². The molecule has 0 aliphatic heterocycles. The molecule has 0 heterocycles. The van der Waals surface area contributed by atoms with Gasteiger partial charge in [-0.1, -0.05) is 6.07 Å². The van der Waals surface area contributed by atoms with E-state index in [1.54, 1.807) is 6.92 Å². The van der Waals surface area contributed by atoms with Crippen LogP contribution in [0.5, 0.6) is 11.5 Å². The van der Waals surface area contributed by atoms with Crippen molar-refractivity contribution in [2.24, 2.45) is 0 Å². The van der Waals surface area contributed by atoms with Gasteiger partial charge in [0, 0.05) is 0 Å². The van der Waals surface area contributed by atoms with Crippen molar-refractivity contribution in [1.29, 1.82) is 0 Å². The lowest BCUT2D eigenvalue weighted by Gasteiger charge is -2.24. The van der Waals surface area contributed by atoms with E-state index in [9.17, 15) is 19.8 Å². The Hall–Kier alpha value is -2.24. The lowest BCUT2D eigenvalue weighted by molar-refractivity contribution is -0.156. The first-order valence-electron chi connectivity index (χ1n) is 5.49. The molecule has 0 bridgehead atoms. The van der Waals surface area contributed by atoms with Crippen LogP contribution in [-0.4, -0.2) is 36.4 Å². The fourth-order valence-corrected chi connectivity index (χ4v) is 1.94. The summed E-state index contributed by atoms with van der Waals surface area (Å²) >= 11 is 0. The Morgan fingerprint density at radius 3 is 2.00 bits per heavy atom. The van der Waals surface area contributed by atoms with Gasteiger partial charge < -0.3 is 19.7 Å². The normalized spacial score (nSPS) is 10.9. The summed E-state index contributed by atoms with van der Waals surface area (Å²) in [4.78, 5) is 22.6. The number of carboxylic acid groups (broad SMARTS) is 2. The van der Waals surface area contributed by atoms with Crippen LogP contribution in [0.4, 0.5) is 0 Å². The van der Waals surface area contributed by atoms with Gasteiger partial charge in [0.25, 0.3) is 0 Å². The summed E-state index contributed by atoms with van der Waals surface area (Å²) in [6, 6.07) is 2.92. The van der Waals surface area contributed by atoms with Crippen molar-refractivity contribution in [3.05, 3.63) is 23.3 Å². The van der Waals surface area contributed by atoms with Crippen molar-refractivity contribution in [3.63, 3.8) is 0 Å². The zero-order valence-corrected chi connectivity index (χ0v) is 11.2. The number of methoxy groups -OCH3 is 2. The molecule has 0 aromatic heterocycles. The van der Waals surface area contributed by atoms with Crippen LogP contribution in [0.25, 0.3) is 0 Å². The minimum Gasteiger partial charge on any atom is -0.493 e. The quantitative estimate of drug-likeness (QED) is 0.785. The van der Waals surface area contributed by atoms with E-state index in [1.807, 2.05) is 0 Å². The Morgan fingerprint density at radius 2 is 1.63 bits per heavy atom. The van der Waals surface area contributed by atoms with E-state index in [0.717, 1.165) is 6.92 Å². The van der Waals surface area contributed by atoms with Gasteiger partial charge in [-0.3, -0.25) is 9.59 Å². The largest absolute Gasteiger partial charge is 0.493 e. The number of carbonyl (C=O) groups is 2. The standard InChI is InChI=1S/C13H16O6/c1-7-8(13(2,11(14)15)12(16)17)5-6-9(18-3)10(7)19-4/h5-6H,1-4H3,(H,14,15)(H,16,17). The maximum atomic E-state index is 11.3. The van der Waals surface area contributed by atoms with Crippen LogP contribution in [0.15, 0.2) is 12.1 Å². The van der Waals surface area contributed by atoms with E-state index in [1.165, 1.54) is 26.4 Å². The van der Waals surface area contributed by atoms with Crippen molar-refractivity contribution in [1.82, 2.24) is 0 Å². The molecule has 0 amide bonds. The van der Waals surface area contributed by atoms with Gasteiger partial charge in [0.2, 0.25) is 0 Å². The number of hydrogen-bond acceptors (Lipinski definition) is 4. The molecule has 104 valence electrons. The second kappa shape index (κ2) is 5.17. The van der Waals surface area contributed by atoms with Gasteiger partial charge in [0.15, 0.2) is 16.9 Å². The highest BCUT2D eigenvalue weighted by atomic mass is 16.5. The Morgan fingerprint density at radius 1 is 1.11 bits per heavy atom. The summed E-state index contributed by atoms with van der Waals surface area (Å²) in [5.41, 5.74) is -1.46. The Balaban J connectivity index is 3.59. The number of benzene rings is 1. The average molecular weight is 268 g/mol. The molecule has 0 radical (unpaired) electrons. The smallest absolute Gasteiger partial charge is 0.325 e. The number of rotatable bonds is 5. The number of hydrogen-bond donors (Lipinski definition) is 2. The molecule has 6 nitrogen and oxygen atoms in total. The Kier molecular flexibility index (Phi) is 4.04. The Labute approximate surface area is 110 Å². The van der Waals surface area contributed by atoms with Crippen LogP contribution in [0, 0.1) is 6.92 Å². The molecule has 0 aliphatic carbocycles. The molecule has 0 saturated heterocycles. The van der Waals surface area contributed by atoms with E-state index < -0.39 is 17.4 Å². The molecule has 0 atom stereocenters. The second-order valence-corrected chi connectivity index (χ2v) is 4.21. The van der Waals surface area contributed by atoms with E-state index in [0.29, 0.717) is 17.1 Å². The van der Waals surface area contributed by atoms with Crippen LogP contribution in [0.1, 0.15) is 18.1 Å². The monoisotopic (exact) mass is 268 g/mol. The van der Waals surface area contributed by atoms with Gasteiger partial charge in [0.05, 0.1) is 14.2 Å². The van der Waals surface area contributed by atoms with Crippen LogP contribution in [0.2, 0.25) is 0 Å². The minimum absolute atomic E-state index is 0.158. The lowest BCUT2D eigenvalue weighted by atomic mass is 9.80. The molecule has 2 N–H and O–H groups in total. The zero-order valence-electron chi connectivity index (χ0n) is 11.2. The number of carboxylic acids is 2. The number of ether oxygens (including phenoxy) is 2. The summed E-state index contributed by atoms with van der Waals surface area (Å²) in [7, 11) is 2.86. The van der Waals surface area contributed by atoms with Crippen molar-refractivity contribution in [2.45, 2.75) is 19.3 Å². The molecule has 0 aliphatic rings. The van der Waals surface area contributed by atoms with Gasteiger partial charge in [-0.05, 0) is 31.0 Å². The summed E-state index contributed by atoms with van der Waals surface area (Å²) < 4.78 is 10.2. The molecule has 1 rings (SSSR count). The fraction of sp³-hybridized carbons (Fsp3) is 0.385. The molecule has 19 heavy (non-hydrogen) atoms. The van der Waals surface area contributed by atoms with E-state index in [4.69, 9.17) is 9.47 Å². The third-order valence-corrected chi connectivity index (χ3v) is 3.19. The van der Waals surface area contributed by atoms with Gasteiger partial charge >= 0.3 is 11.9 Å². The Bertz CT molecular complexity index is 506. The van der Waals surface area contributed by atoms with Crippen LogP contribution < -0.4 is 9.47 Å². The average Bonchev–Trinajstić information content (AvgIpc) is 2.36. The first kappa shape index (κ1) is 14.8. The zero-order chi connectivity index (χ0) is 14.8. The van der Waals surface area contributed by atoms with Gasteiger partial charge in [0.1, 0.15) is 0 Å². The third kappa shape index (κ3) is 2.21. The summed E-state index contributed by atoms with van der Waals surface area (Å²) in [5.74, 6) is -2.12. The molecule has 0 spiro atoms. The second-order valence-electron chi connectivity index (χ2n) is 4.21. The third-order valence-electron chi connectivity index (χ3n) is 3.19. The van der Waals surface area contributed by atoms with Crippen molar-refractivity contribution < 1.29 is 29.3 Å². The van der Waals surface area contributed by atoms with E-state index in [-0.39, 0.29) is 5.56 Å². The minimum atomic E-state index is -2.04. The maximum absolute atomic E-state index is 11.3. The molecule has 0 fully saturated rings. The predicted octanol–water partition coefficient (Wildman–Crippen LogP) is 1.44. The topological polar surface area (TPSA) is 93.1 Å².